The number of benzene rings is 2. The lowest BCUT2D eigenvalue weighted by Crippen LogP contribution is -2.31. The van der Waals surface area contributed by atoms with Gasteiger partial charge >= 0.3 is 0 Å². The maximum atomic E-state index is 12.2. The number of rotatable bonds is 10. The van der Waals surface area contributed by atoms with Gasteiger partial charge in [-0.05, 0) is 67.3 Å². The second-order valence-electron chi connectivity index (χ2n) is 8.55. The number of ether oxygens (including phenoxy) is 1. The van der Waals surface area contributed by atoms with Crippen LogP contribution in [0.4, 0.5) is 17.1 Å². The first-order chi connectivity index (χ1) is 15.9. The van der Waals surface area contributed by atoms with Gasteiger partial charge in [0.2, 0.25) is 11.8 Å². The highest BCUT2D eigenvalue weighted by atomic mass is 16.5. The molecule has 1 heterocycles. The molecule has 3 rings (SSSR count). The van der Waals surface area contributed by atoms with Crippen LogP contribution in [0.5, 0.6) is 0 Å². The third-order valence-electron chi connectivity index (χ3n) is 5.16. The van der Waals surface area contributed by atoms with Crippen LogP contribution >= 0.6 is 0 Å². The molecule has 176 valence electrons. The first-order valence-electron chi connectivity index (χ1n) is 11.3. The molecule has 0 spiro atoms. The van der Waals surface area contributed by atoms with Gasteiger partial charge in [0.1, 0.15) is 0 Å². The number of hydrogen-bond acceptors (Lipinski definition) is 5. The smallest absolute Gasteiger partial charge is 0.251 e. The largest absolute Gasteiger partial charge is 0.376 e. The Morgan fingerprint density at radius 1 is 0.909 bits per heavy atom. The van der Waals surface area contributed by atoms with Crippen molar-refractivity contribution < 1.29 is 19.1 Å². The number of hydrogen-bond donors (Lipinski definition) is 4. The van der Waals surface area contributed by atoms with E-state index >= 15 is 0 Å². The van der Waals surface area contributed by atoms with E-state index in [2.05, 4.69) is 21.3 Å². The highest BCUT2D eigenvalue weighted by molar-refractivity contribution is 5.96. The Morgan fingerprint density at radius 2 is 1.52 bits per heavy atom. The SMILES string of the molecule is CC(C)CC(=O)Nc1ccc(NCC(=O)Nc2ccc(C(=O)NCC3CCCO3)cc2)cc1. The van der Waals surface area contributed by atoms with Crippen LogP contribution in [0.15, 0.2) is 48.5 Å². The van der Waals surface area contributed by atoms with Gasteiger partial charge in [-0.25, -0.2) is 0 Å². The molecule has 8 heteroatoms. The molecule has 1 saturated heterocycles. The number of carbonyl (C=O) groups is 3. The Morgan fingerprint density at radius 3 is 2.12 bits per heavy atom. The van der Waals surface area contributed by atoms with E-state index in [0.29, 0.717) is 30.1 Å². The van der Waals surface area contributed by atoms with E-state index in [9.17, 15) is 14.4 Å². The Hall–Kier alpha value is -3.39. The third-order valence-corrected chi connectivity index (χ3v) is 5.16. The monoisotopic (exact) mass is 452 g/mol. The second-order valence-corrected chi connectivity index (χ2v) is 8.55. The van der Waals surface area contributed by atoms with Crippen LogP contribution in [0.25, 0.3) is 0 Å². The van der Waals surface area contributed by atoms with Gasteiger partial charge in [-0.2, -0.15) is 0 Å². The van der Waals surface area contributed by atoms with E-state index in [1.807, 2.05) is 26.0 Å². The lowest BCUT2D eigenvalue weighted by molar-refractivity contribution is -0.117. The topological polar surface area (TPSA) is 109 Å². The minimum absolute atomic E-state index is 0.0172. The molecule has 1 aliphatic rings. The van der Waals surface area contributed by atoms with Crippen molar-refractivity contribution in [2.75, 3.05) is 35.6 Å². The summed E-state index contributed by atoms with van der Waals surface area (Å²) in [6, 6.07) is 14.0. The van der Waals surface area contributed by atoms with Crippen molar-refractivity contribution in [3.63, 3.8) is 0 Å². The maximum Gasteiger partial charge on any atom is 0.251 e. The Kier molecular flexibility index (Phi) is 8.83. The van der Waals surface area contributed by atoms with Crippen LogP contribution in [0, 0.1) is 5.92 Å². The second kappa shape index (κ2) is 12.0. The summed E-state index contributed by atoms with van der Waals surface area (Å²) in [5.41, 5.74) is 2.63. The van der Waals surface area contributed by atoms with Gasteiger partial charge in [0.25, 0.3) is 5.91 Å². The molecule has 0 radical (unpaired) electrons. The molecular formula is C25H32N4O4. The number of anilines is 3. The van der Waals surface area contributed by atoms with Crippen molar-refractivity contribution >= 4 is 34.8 Å². The number of carbonyl (C=O) groups excluding carboxylic acids is 3. The van der Waals surface area contributed by atoms with Crippen molar-refractivity contribution in [3.05, 3.63) is 54.1 Å². The molecular weight excluding hydrogens is 420 g/mol. The van der Waals surface area contributed by atoms with Gasteiger partial charge < -0.3 is 26.0 Å². The summed E-state index contributed by atoms with van der Waals surface area (Å²) < 4.78 is 5.51. The first-order valence-corrected chi connectivity index (χ1v) is 11.3. The Balaban J connectivity index is 1.40. The molecule has 1 aliphatic heterocycles. The summed E-state index contributed by atoms with van der Waals surface area (Å²) in [4.78, 5) is 36.3. The lowest BCUT2D eigenvalue weighted by Gasteiger charge is -2.12. The molecule has 8 nitrogen and oxygen atoms in total. The van der Waals surface area contributed by atoms with Gasteiger partial charge in [0, 0.05) is 42.2 Å². The highest BCUT2D eigenvalue weighted by Crippen LogP contribution is 2.15. The average Bonchev–Trinajstić information content (AvgIpc) is 3.31. The van der Waals surface area contributed by atoms with E-state index < -0.39 is 0 Å². The lowest BCUT2D eigenvalue weighted by atomic mass is 10.1. The molecule has 33 heavy (non-hydrogen) atoms. The fourth-order valence-corrected chi connectivity index (χ4v) is 3.46. The van der Waals surface area contributed by atoms with Crippen LogP contribution in [-0.4, -0.2) is 43.5 Å². The Bertz CT molecular complexity index is 936. The van der Waals surface area contributed by atoms with Crippen LogP contribution in [-0.2, 0) is 14.3 Å². The zero-order valence-corrected chi connectivity index (χ0v) is 19.1. The van der Waals surface area contributed by atoms with Gasteiger partial charge in [-0.15, -0.1) is 0 Å². The molecule has 1 fully saturated rings. The highest BCUT2D eigenvalue weighted by Gasteiger charge is 2.16. The molecule has 0 aromatic heterocycles. The predicted octanol–water partition coefficient (Wildman–Crippen LogP) is 3.63. The molecule has 1 atom stereocenters. The minimum atomic E-state index is -0.208. The summed E-state index contributed by atoms with van der Waals surface area (Å²) >= 11 is 0. The van der Waals surface area contributed by atoms with Gasteiger partial charge in [0.15, 0.2) is 0 Å². The van der Waals surface area contributed by atoms with Crippen molar-refractivity contribution in [1.29, 1.82) is 0 Å². The Labute approximate surface area is 194 Å². The molecule has 0 saturated carbocycles. The number of amides is 3. The number of nitrogens with one attached hydrogen (secondary N) is 4. The molecule has 1 unspecified atom stereocenters. The van der Waals surface area contributed by atoms with Crippen molar-refractivity contribution in [2.45, 2.75) is 39.2 Å². The average molecular weight is 453 g/mol. The first kappa shape index (κ1) is 24.3. The quantitative estimate of drug-likeness (QED) is 0.440. The van der Waals surface area contributed by atoms with Crippen LogP contribution in [0.2, 0.25) is 0 Å². The van der Waals surface area contributed by atoms with Crippen molar-refractivity contribution in [3.8, 4) is 0 Å². The van der Waals surface area contributed by atoms with E-state index in [1.165, 1.54) is 0 Å². The summed E-state index contributed by atoms with van der Waals surface area (Å²) in [5, 5.41) is 11.6. The molecule has 0 bridgehead atoms. The zero-order valence-electron chi connectivity index (χ0n) is 19.1. The fraction of sp³-hybridized carbons (Fsp3) is 0.400. The van der Waals surface area contributed by atoms with Gasteiger partial charge in [-0.3, -0.25) is 14.4 Å². The summed E-state index contributed by atoms with van der Waals surface area (Å²) in [5.74, 6) is -0.0836. The zero-order chi connectivity index (χ0) is 23.6. The standard InChI is InChI=1S/C25H32N4O4/c1-17(2)14-23(30)28-21-11-9-19(10-12-21)26-16-24(31)29-20-7-5-18(6-8-20)25(32)27-15-22-4-3-13-33-22/h5-12,17,22,26H,3-4,13-16H2,1-2H3,(H,27,32)(H,28,30)(H,29,31). The molecule has 3 amide bonds. The maximum absolute atomic E-state index is 12.2. The molecule has 2 aromatic carbocycles. The van der Waals surface area contributed by atoms with Gasteiger partial charge in [0.05, 0.1) is 12.6 Å². The van der Waals surface area contributed by atoms with Crippen molar-refractivity contribution in [2.24, 2.45) is 5.92 Å². The van der Waals surface area contributed by atoms with E-state index in [0.717, 1.165) is 30.8 Å². The predicted molar refractivity (Wildman–Crippen MR) is 129 cm³/mol. The third kappa shape index (κ3) is 8.23. The van der Waals surface area contributed by atoms with Gasteiger partial charge in [-0.1, -0.05) is 13.8 Å². The summed E-state index contributed by atoms with van der Waals surface area (Å²) in [6.07, 6.45) is 2.57. The van der Waals surface area contributed by atoms with E-state index in [-0.39, 0.29) is 30.4 Å². The summed E-state index contributed by atoms with van der Waals surface area (Å²) in [7, 11) is 0. The van der Waals surface area contributed by atoms with Crippen molar-refractivity contribution in [1.82, 2.24) is 5.32 Å². The summed E-state index contributed by atoms with van der Waals surface area (Å²) in [6.45, 7) is 5.34. The van der Waals surface area contributed by atoms with Crippen LogP contribution in [0.1, 0.15) is 43.5 Å². The molecule has 0 aliphatic carbocycles. The van der Waals surface area contributed by atoms with E-state index in [1.54, 1.807) is 36.4 Å². The fourth-order valence-electron chi connectivity index (χ4n) is 3.46. The normalized spacial score (nSPS) is 15.2. The van der Waals surface area contributed by atoms with Crippen LogP contribution < -0.4 is 21.3 Å². The molecule has 2 aromatic rings. The molecule has 4 N–H and O–H groups in total. The minimum Gasteiger partial charge on any atom is -0.376 e. The van der Waals surface area contributed by atoms with E-state index in [4.69, 9.17) is 4.74 Å². The van der Waals surface area contributed by atoms with Crippen LogP contribution in [0.3, 0.4) is 0 Å².